The summed E-state index contributed by atoms with van der Waals surface area (Å²) in [6.07, 6.45) is 1.98. The third-order valence-corrected chi connectivity index (χ3v) is 6.36. The SMILES string of the molecule is C[C@H](CNC(=O)[C@@H](C)Sc1nc2ccccc2c(=O)n1C1CC1)c1ccccc1. The maximum absolute atomic E-state index is 13.0. The highest BCUT2D eigenvalue weighted by atomic mass is 32.2. The van der Waals surface area contributed by atoms with E-state index in [9.17, 15) is 9.59 Å². The van der Waals surface area contributed by atoms with Gasteiger partial charge >= 0.3 is 0 Å². The lowest BCUT2D eigenvalue weighted by molar-refractivity contribution is -0.120. The second-order valence-corrected chi connectivity index (χ2v) is 8.94. The molecule has 3 aromatic rings. The van der Waals surface area contributed by atoms with Crippen molar-refractivity contribution in [1.82, 2.24) is 14.9 Å². The molecule has 1 heterocycles. The fourth-order valence-electron chi connectivity index (χ4n) is 3.37. The van der Waals surface area contributed by atoms with E-state index < -0.39 is 0 Å². The molecule has 1 amide bonds. The van der Waals surface area contributed by atoms with Gasteiger partial charge in [0.15, 0.2) is 5.16 Å². The highest BCUT2D eigenvalue weighted by Gasteiger charge is 2.30. The molecule has 2 atom stereocenters. The zero-order chi connectivity index (χ0) is 20.4. The Bertz CT molecular complexity index is 1080. The third-order valence-electron chi connectivity index (χ3n) is 5.29. The summed E-state index contributed by atoms with van der Waals surface area (Å²) in [5, 5.41) is 3.98. The number of carbonyl (C=O) groups is 1. The van der Waals surface area contributed by atoms with Crippen LogP contribution in [-0.2, 0) is 4.79 Å². The second-order valence-electron chi connectivity index (χ2n) is 7.63. The topological polar surface area (TPSA) is 64.0 Å². The van der Waals surface area contributed by atoms with Crippen molar-refractivity contribution in [2.75, 3.05) is 6.54 Å². The maximum atomic E-state index is 13.0. The van der Waals surface area contributed by atoms with Gasteiger partial charge in [-0.1, -0.05) is 61.2 Å². The Morgan fingerprint density at radius 1 is 1.14 bits per heavy atom. The quantitative estimate of drug-likeness (QED) is 0.472. The first kappa shape index (κ1) is 19.7. The van der Waals surface area contributed by atoms with Gasteiger partial charge < -0.3 is 5.32 Å². The molecule has 1 fully saturated rings. The molecule has 0 spiro atoms. The molecule has 1 aromatic heterocycles. The van der Waals surface area contributed by atoms with Gasteiger partial charge in [-0.2, -0.15) is 0 Å². The first-order chi connectivity index (χ1) is 14.0. The Kier molecular flexibility index (Phi) is 5.72. The van der Waals surface area contributed by atoms with Crippen molar-refractivity contribution in [3.05, 3.63) is 70.5 Å². The van der Waals surface area contributed by atoms with Crippen molar-refractivity contribution < 1.29 is 4.79 Å². The molecule has 29 heavy (non-hydrogen) atoms. The van der Waals surface area contributed by atoms with Gasteiger partial charge in [0.25, 0.3) is 5.56 Å². The molecule has 0 radical (unpaired) electrons. The van der Waals surface area contributed by atoms with Crippen LogP contribution < -0.4 is 10.9 Å². The minimum absolute atomic E-state index is 0.00842. The van der Waals surface area contributed by atoms with Crippen molar-refractivity contribution in [3.63, 3.8) is 0 Å². The van der Waals surface area contributed by atoms with E-state index in [1.165, 1.54) is 17.3 Å². The third kappa shape index (κ3) is 4.37. The van der Waals surface area contributed by atoms with Crippen LogP contribution in [0.25, 0.3) is 10.9 Å². The first-order valence-electron chi connectivity index (χ1n) is 10.0. The van der Waals surface area contributed by atoms with Crippen LogP contribution in [0.1, 0.15) is 44.2 Å². The second kappa shape index (κ2) is 8.41. The lowest BCUT2D eigenvalue weighted by atomic mass is 10.0. The van der Waals surface area contributed by atoms with E-state index in [-0.39, 0.29) is 28.7 Å². The summed E-state index contributed by atoms with van der Waals surface area (Å²) in [6.45, 7) is 4.54. The van der Waals surface area contributed by atoms with Crippen molar-refractivity contribution >= 4 is 28.6 Å². The molecule has 2 aromatic carbocycles. The van der Waals surface area contributed by atoms with E-state index in [1.54, 1.807) is 4.57 Å². The molecule has 150 valence electrons. The molecule has 6 heteroatoms. The number of hydrogen-bond donors (Lipinski definition) is 1. The molecular weight excluding hydrogens is 382 g/mol. The highest BCUT2D eigenvalue weighted by Crippen LogP contribution is 2.37. The Labute approximate surface area is 174 Å². The lowest BCUT2D eigenvalue weighted by Gasteiger charge is -2.18. The van der Waals surface area contributed by atoms with Crippen LogP contribution in [0.3, 0.4) is 0 Å². The average molecular weight is 408 g/mol. The Balaban J connectivity index is 1.48. The largest absolute Gasteiger partial charge is 0.355 e. The zero-order valence-corrected chi connectivity index (χ0v) is 17.5. The smallest absolute Gasteiger partial charge is 0.262 e. The maximum Gasteiger partial charge on any atom is 0.262 e. The predicted molar refractivity (Wildman–Crippen MR) is 117 cm³/mol. The number of hydrogen-bond acceptors (Lipinski definition) is 4. The molecule has 0 saturated heterocycles. The van der Waals surface area contributed by atoms with Crippen LogP contribution >= 0.6 is 11.8 Å². The zero-order valence-electron chi connectivity index (χ0n) is 16.7. The molecule has 4 rings (SSSR count). The number of amides is 1. The molecule has 1 saturated carbocycles. The molecule has 1 N–H and O–H groups in total. The number of aromatic nitrogens is 2. The van der Waals surface area contributed by atoms with Crippen LogP contribution in [0, 0.1) is 0 Å². The molecule has 0 aliphatic heterocycles. The van der Waals surface area contributed by atoms with Crippen LogP contribution in [0.5, 0.6) is 0 Å². The van der Waals surface area contributed by atoms with Gasteiger partial charge in [0.2, 0.25) is 5.91 Å². The summed E-state index contributed by atoms with van der Waals surface area (Å²) < 4.78 is 1.78. The van der Waals surface area contributed by atoms with Gasteiger partial charge in [-0.15, -0.1) is 0 Å². The molecule has 5 nitrogen and oxygen atoms in total. The van der Waals surface area contributed by atoms with Gasteiger partial charge in [0.1, 0.15) is 0 Å². The van der Waals surface area contributed by atoms with E-state index in [0.29, 0.717) is 22.6 Å². The van der Waals surface area contributed by atoms with Crippen molar-refractivity contribution in [3.8, 4) is 0 Å². The molecule has 0 bridgehead atoms. The monoisotopic (exact) mass is 407 g/mol. The fourth-order valence-corrected chi connectivity index (χ4v) is 4.38. The lowest BCUT2D eigenvalue weighted by Crippen LogP contribution is -2.34. The summed E-state index contributed by atoms with van der Waals surface area (Å²) in [4.78, 5) is 30.4. The van der Waals surface area contributed by atoms with Crippen molar-refractivity contribution in [2.24, 2.45) is 0 Å². The van der Waals surface area contributed by atoms with Gasteiger partial charge in [0, 0.05) is 12.6 Å². The summed E-state index contributed by atoms with van der Waals surface area (Å²) in [5.41, 5.74) is 1.87. The van der Waals surface area contributed by atoms with Crippen LogP contribution in [-0.4, -0.2) is 27.3 Å². The normalized spacial score (nSPS) is 15.8. The van der Waals surface area contributed by atoms with Crippen molar-refractivity contribution in [2.45, 2.75) is 49.1 Å². The van der Waals surface area contributed by atoms with Gasteiger partial charge in [-0.05, 0) is 43.4 Å². The average Bonchev–Trinajstić information content (AvgIpc) is 3.57. The standard InChI is InChI=1S/C23H25N3O2S/c1-15(17-8-4-3-5-9-17)14-24-21(27)16(2)29-23-25-20-11-7-6-10-19(20)22(28)26(23)18-12-13-18/h3-11,15-16,18H,12-14H2,1-2H3,(H,24,27)/t15-,16-/m1/s1. The van der Waals surface area contributed by atoms with E-state index in [1.807, 2.05) is 49.4 Å². The van der Waals surface area contributed by atoms with E-state index in [0.717, 1.165) is 12.8 Å². The molecular formula is C23H25N3O2S. The first-order valence-corrected chi connectivity index (χ1v) is 10.9. The van der Waals surface area contributed by atoms with Crippen molar-refractivity contribution in [1.29, 1.82) is 0 Å². The van der Waals surface area contributed by atoms with E-state index >= 15 is 0 Å². The van der Waals surface area contributed by atoms with E-state index in [2.05, 4.69) is 24.4 Å². The summed E-state index contributed by atoms with van der Waals surface area (Å²) >= 11 is 1.36. The number of nitrogens with one attached hydrogen (secondary N) is 1. The number of para-hydroxylation sites is 1. The van der Waals surface area contributed by atoms with Crippen LogP contribution in [0.15, 0.2) is 64.5 Å². The predicted octanol–water partition coefficient (Wildman–Crippen LogP) is 4.13. The fraction of sp³-hybridized carbons (Fsp3) is 0.348. The number of carbonyl (C=O) groups excluding carboxylic acids is 1. The minimum Gasteiger partial charge on any atom is -0.355 e. The van der Waals surface area contributed by atoms with Crippen LogP contribution in [0.4, 0.5) is 0 Å². The van der Waals surface area contributed by atoms with Gasteiger partial charge in [-0.25, -0.2) is 4.98 Å². The van der Waals surface area contributed by atoms with Crippen LogP contribution in [0.2, 0.25) is 0 Å². The Morgan fingerprint density at radius 3 is 2.55 bits per heavy atom. The summed E-state index contributed by atoms with van der Waals surface area (Å²) in [6, 6.07) is 17.8. The molecule has 1 aliphatic rings. The number of rotatable bonds is 7. The Morgan fingerprint density at radius 2 is 1.83 bits per heavy atom. The molecule has 1 aliphatic carbocycles. The Hall–Kier alpha value is -2.60. The summed E-state index contributed by atoms with van der Waals surface area (Å²) in [5.74, 6) is 0.198. The number of thioether (sulfide) groups is 1. The molecule has 0 unspecified atom stereocenters. The highest BCUT2D eigenvalue weighted by molar-refractivity contribution is 8.00. The minimum atomic E-state index is -0.337. The van der Waals surface area contributed by atoms with E-state index in [4.69, 9.17) is 4.98 Å². The number of fused-ring (bicyclic) bond motifs is 1. The summed E-state index contributed by atoms with van der Waals surface area (Å²) in [7, 11) is 0. The van der Waals surface area contributed by atoms with Gasteiger partial charge in [0.05, 0.1) is 16.2 Å². The number of nitrogens with zero attached hydrogens (tertiary/aromatic N) is 2. The number of benzene rings is 2. The van der Waals surface area contributed by atoms with Gasteiger partial charge in [-0.3, -0.25) is 14.2 Å².